The Morgan fingerprint density at radius 3 is 2.21 bits per heavy atom. The summed E-state index contributed by atoms with van der Waals surface area (Å²) >= 11 is 0. The number of nitrogens with zero attached hydrogens (tertiary/aromatic N) is 2. The van der Waals surface area contributed by atoms with E-state index >= 15 is 0 Å². The van der Waals surface area contributed by atoms with Gasteiger partial charge in [-0.05, 0) is 51.9 Å². The van der Waals surface area contributed by atoms with E-state index in [4.69, 9.17) is 9.47 Å². The van der Waals surface area contributed by atoms with Crippen molar-refractivity contribution in [1.29, 1.82) is 10.5 Å². The van der Waals surface area contributed by atoms with Gasteiger partial charge >= 0.3 is 11.9 Å². The molecule has 0 radical (unpaired) electrons. The van der Waals surface area contributed by atoms with Crippen LogP contribution in [0.1, 0.15) is 40.0 Å². The first-order chi connectivity index (χ1) is 11.4. The Balaban J connectivity index is 2.42. The molecule has 3 atom stereocenters. The van der Waals surface area contributed by atoms with Crippen LogP contribution in [0, 0.1) is 45.8 Å². The minimum atomic E-state index is -1.33. The molecule has 2 aliphatic rings. The van der Waals surface area contributed by atoms with E-state index in [-0.39, 0.29) is 31.5 Å². The van der Waals surface area contributed by atoms with Crippen LogP contribution >= 0.6 is 0 Å². The third kappa shape index (κ3) is 2.78. The maximum absolute atomic E-state index is 12.6. The van der Waals surface area contributed by atoms with Crippen molar-refractivity contribution in [2.45, 2.75) is 40.0 Å². The fourth-order valence-corrected chi connectivity index (χ4v) is 4.10. The lowest BCUT2D eigenvalue weighted by molar-refractivity contribution is -0.172. The summed E-state index contributed by atoms with van der Waals surface area (Å²) in [6.45, 7) is 5.60. The van der Waals surface area contributed by atoms with E-state index in [0.29, 0.717) is 18.4 Å². The van der Waals surface area contributed by atoms with Gasteiger partial charge in [-0.15, -0.1) is 0 Å². The van der Waals surface area contributed by atoms with Crippen LogP contribution in [0.2, 0.25) is 0 Å². The van der Waals surface area contributed by atoms with Crippen LogP contribution in [0.3, 0.4) is 0 Å². The highest BCUT2D eigenvalue weighted by atomic mass is 16.6. The van der Waals surface area contributed by atoms with Crippen molar-refractivity contribution >= 4 is 11.9 Å². The summed E-state index contributed by atoms with van der Waals surface area (Å²) in [5.74, 6) is -1.66. The highest BCUT2D eigenvalue weighted by molar-refractivity contribution is 6.00. The summed E-state index contributed by atoms with van der Waals surface area (Å²) in [6, 6.07) is 4.30. The van der Waals surface area contributed by atoms with E-state index in [1.165, 1.54) is 0 Å². The molecule has 0 N–H and O–H groups in total. The van der Waals surface area contributed by atoms with E-state index in [0.717, 1.165) is 5.57 Å². The summed E-state index contributed by atoms with van der Waals surface area (Å²) in [4.78, 5) is 25.1. The predicted molar refractivity (Wildman–Crippen MR) is 83.9 cm³/mol. The van der Waals surface area contributed by atoms with Crippen molar-refractivity contribution in [2.24, 2.45) is 23.2 Å². The third-order valence-electron chi connectivity index (χ3n) is 5.22. The molecule has 0 spiro atoms. The molecule has 0 aromatic rings. The maximum atomic E-state index is 12.6. The molecule has 0 heterocycles. The third-order valence-corrected chi connectivity index (χ3v) is 5.22. The van der Waals surface area contributed by atoms with Gasteiger partial charge in [-0.25, -0.2) is 0 Å². The highest BCUT2D eigenvalue weighted by Gasteiger charge is 2.59. The first-order valence-electron chi connectivity index (χ1n) is 8.29. The lowest BCUT2D eigenvalue weighted by Gasteiger charge is -2.29. The van der Waals surface area contributed by atoms with Crippen LogP contribution in [0.15, 0.2) is 11.1 Å². The van der Waals surface area contributed by atoms with Crippen LogP contribution in [-0.4, -0.2) is 25.2 Å². The number of fused-ring (bicyclic) bond motifs is 1. The quantitative estimate of drug-likeness (QED) is 0.580. The molecule has 0 unspecified atom stereocenters. The second kappa shape index (κ2) is 7.05. The Bertz CT molecular complexity index is 635. The minimum Gasteiger partial charge on any atom is -0.465 e. The molecule has 6 nitrogen and oxygen atoms in total. The van der Waals surface area contributed by atoms with Gasteiger partial charge in [0.1, 0.15) is 0 Å². The van der Waals surface area contributed by atoms with E-state index in [9.17, 15) is 20.1 Å². The average Bonchev–Trinajstić information content (AvgIpc) is 2.96. The monoisotopic (exact) mass is 330 g/mol. The average molecular weight is 330 g/mol. The summed E-state index contributed by atoms with van der Waals surface area (Å²) in [5.41, 5.74) is -0.0360. The molecular formula is C18H22N2O4. The molecule has 128 valence electrons. The van der Waals surface area contributed by atoms with Gasteiger partial charge in [0, 0.05) is 5.57 Å². The number of rotatable bonds is 4. The van der Waals surface area contributed by atoms with Gasteiger partial charge in [-0.3, -0.25) is 9.59 Å². The molecule has 2 rings (SSSR count). The molecule has 1 saturated carbocycles. The number of carbonyl (C=O) groups is 2. The van der Waals surface area contributed by atoms with Crippen LogP contribution in [0.4, 0.5) is 0 Å². The zero-order valence-electron chi connectivity index (χ0n) is 14.3. The number of esters is 2. The molecule has 0 aromatic carbocycles. The van der Waals surface area contributed by atoms with Crippen molar-refractivity contribution in [3.05, 3.63) is 11.1 Å². The molecule has 0 aromatic heterocycles. The molecule has 24 heavy (non-hydrogen) atoms. The first kappa shape index (κ1) is 18.0. The summed E-state index contributed by atoms with van der Waals surface area (Å²) < 4.78 is 10.3. The van der Waals surface area contributed by atoms with Gasteiger partial charge in [-0.1, -0.05) is 5.57 Å². The highest BCUT2D eigenvalue weighted by Crippen LogP contribution is 2.55. The van der Waals surface area contributed by atoms with Gasteiger partial charge in [0.15, 0.2) is 5.41 Å². The van der Waals surface area contributed by atoms with Crippen molar-refractivity contribution in [3.8, 4) is 12.1 Å². The molecule has 2 aliphatic carbocycles. The Hall–Kier alpha value is -2.34. The summed E-state index contributed by atoms with van der Waals surface area (Å²) in [7, 11) is 0. The van der Waals surface area contributed by atoms with Crippen LogP contribution in [-0.2, 0) is 19.1 Å². The SMILES string of the molecule is CCOC(=O)C1(C(=O)OCC)C[C@H]2C[C@H](C#N)C(C#N)=C(C)[C@@H]2C1. The van der Waals surface area contributed by atoms with Crippen LogP contribution in [0.5, 0.6) is 0 Å². The number of hydrogen-bond donors (Lipinski definition) is 0. The maximum Gasteiger partial charge on any atom is 0.323 e. The Morgan fingerprint density at radius 2 is 1.75 bits per heavy atom. The topological polar surface area (TPSA) is 100 Å². The van der Waals surface area contributed by atoms with Gasteiger partial charge in [-0.2, -0.15) is 10.5 Å². The zero-order chi connectivity index (χ0) is 17.9. The smallest absolute Gasteiger partial charge is 0.323 e. The van der Waals surface area contributed by atoms with Crippen LogP contribution < -0.4 is 0 Å². The standard InChI is InChI=1S/C18H22N2O4/c1-4-23-16(21)18(17(22)24-5-2)7-12-6-13(9-19)15(10-20)11(3)14(12)8-18/h12-14H,4-8H2,1-3H3/t12-,13-,14+/m1/s1. The number of nitriles is 2. The molecule has 0 aliphatic heterocycles. The normalized spacial score (nSPS) is 27.6. The zero-order valence-corrected chi connectivity index (χ0v) is 14.3. The van der Waals surface area contributed by atoms with Crippen molar-refractivity contribution in [1.82, 2.24) is 0 Å². The van der Waals surface area contributed by atoms with E-state index < -0.39 is 23.3 Å². The van der Waals surface area contributed by atoms with Crippen molar-refractivity contribution in [3.63, 3.8) is 0 Å². The summed E-state index contributed by atoms with van der Waals surface area (Å²) in [6.07, 6.45) is 1.08. The Morgan fingerprint density at radius 1 is 1.17 bits per heavy atom. The molecule has 0 bridgehead atoms. The fourth-order valence-electron chi connectivity index (χ4n) is 4.10. The number of ether oxygens (including phenoxy) is 2. The second-order valence-corrected chi connectivity index (χ2v) is 6.42. The Kier molecular flexibility index (Phi) is 5.29. The minimum absolute atomic E-state index is 0.000521. The van der Waals surface area contributed by atoms with Crippen LogP contribution in [0.25, 0.3) is 0 Å². The second-order valence-electron chi connectivity index (χ2n) is 6.42. The lowest BCUT2D eigenvalue weighted by atomic mass is 9.73. The van der Waals surface area contributed by atoms with E-state index in [2.05, 4.69) is 12.1 Å². The molecular weight excluding hydrogens is 308 g/mol. The summed E-state index contributed by atoms with van der Waals surface area (Å²) in [5, 5.41) is 18.7. The first-order valence-corrected chi connectivity index (χ1v) is 8.29. The number of hydrogen-bond acceptors (Lipinski definition) is 6. The Labute approximate surface area is 142 Å². The van der Waals surface area contributed by atoms with Gasteiger partial charge in [0.2, 0.25) is 0 Å². The largest absolute Gasteiger partial charge is 0.465 e. The van der Waals surface area contributed by atoms with E-state index in [1.807, 2.05) is 6.92 Å². The number of allylic oxidation sites excluding steroid dienone is 2. The molecule has 0 saturated heterocycles. The molecule has 1 fully saturated rings. The molecule has 6 heteroatoms. The van der Waals surface area contributed by atoms with Gasteiger partial charge in [0.05, 0.1) is 31.3 Å². The molecule has 0 amide bonds. The van der Waals surface area contributed by atoms with Gasteiger partial charge in [0.25, 0.3) is 0 Å². The van der Waals surface area contributed by atoms with Crippen molar-refractivity contribution in [2.75, 3.05) is 13.2 Å². The number of carbonyl (C=O) groups excluding carboxylic acids is 2. The van der Waals surface area contributed by atoms with Gasteiger partial charge < -0.3 is 9.47 Å². The van der Waals surface area contributed by atoms with Crippen molar-refractivity contribution < 1.29 is 19.1 Å². The lowest BCUT2D eigenvalue weighted by Crippen LogP contribution is -2.40. The van der Waals surface area contributed by atoms with E-state index in [1.54, 1.807) is 13.8 Å². The predicted octanol–water partition coefficient (Wildman–Crippen LogP) is 2.51. The fraction of sp³-hybridized carbons (Fsp3) is 0.667.